The number of rotatable bonds is 8. The van der Waals surface area contributed by atoms with Crippen LogP contribution in [0.25, 0.3) is 0 Å². The minimum Gasteiger partial charge on any atom is -0.335 e. The topological polar surface area (TPSA) is 62.8 Å². The van der Waals surface area contributed by atoms with Crippen molar-refractivity contribution in [1.29, 1.82) is 0 Å². The molecule has 0 aliphatic heterocycles. The third-order valence-electron chi connectivity index (χ3n) is 4.65. The summed E-state index contributed by atoms with van der Waals surface area (Å²) >= 11 is 0. The summed E-state index contributed by atoms with van der Waals surface area (Å²) in [6, 6.07) is 29.1. The van der Waals surface area contributed by atoms with Crippen molar-refractivity contribution >= 4 is 10.0 Å². The molecule has 0 atom stereocenters. The van der Waals surface area contributed by atoms with E-state index in [2.05, 4.69) is 34.3 Å². The molecule has 0 fully saturated rings. The van der Waals surface area contributed by atoms with E-state index in [0.717, 1.165) is 0 Å². The van der Waals surface area contributed by atoms with Gasteiger partial charge in [0.1, 0.15) is 6.04 Å². The molecule has 0 heterocycles. The number of nitrogens with one attached hydrogen (secondary N) is 1. The van der Waals surface area contributed by atoms with Gasteiger partial charge in [-0.3, -0.25) is 0 Å². The van der Waals surface area contributed by atoms with Gasteiger partial charge in [0.2, 0.25) is 10.0 Å². The van der Waals surface area contributed by atoms with E-state index in [1.54, 1.807) is 24.3 Å². The van der Waals surface area contributed by atoms with Gasteiger partial charge in [-0.1, -0.05) is 78.9 Å². The van der Waals surface area contributed by atoms with Gasteiger partial charge < -0.3 is 5.32 Å². The predicted molar refractivity (Wildman–Crippen MR) is 112 cm³/mol. The Labute approximate surface area is 167 Å². The average Bonchev–Trinajstić information content (AvgIpc) is 2.70. The molecule has 0 aliphatic carbocycles. The van der Waals surface area contributed by atoms with Crippen molar-refractivity contribution in [3.05, 3.63) is 102 Å². The number of benzene rings is 3. The van der Waals surface area contributed by atoms with Crippen molar-refractivity contribution in [2.24, 2.45) is 0 Å². The van der Waals surface area contributed by atoms with Crippen molar-refractivity contribution in [3.8, 4) is 0 Å². The summed E-state index contributed by atoms with van der Waals surface area (Å²) in [5.74, 6) is 0. The minimum absolute atomic E-state index is 0.0999. The van der Waals surface area contributed by atoms with Crippen LogP contribution < -0.4 is 10.0 Å². The van der Waals surface area contributed by atoms with Crippen LogP contribution in [0.5, 0.6) is 0 Å². The summed E-state index contributed by atoms with van der Waals surface area (Å²) in [6.07, 6.45) is 0. The normalized spacial score (nSPS) is 12.2. The van der Waals surface area contributed by atoms with Crippen LogP contribution in [0.4, 0.5) is 0 Å². The smallest absolute Gasteiger partial charge is 0.241 e. The van der Waals surface area contributed by atoms with E-state index in [4.69, 9.17) is 0 Å². The van der Waals surface area contributed by atoms with Gasteiger partial charge in [-0.25, -0.2) is 8.42 Å². The highest BCUT2D eigenvalue weighted by Crippen LogP contribution is 2.18. The average molecular weight is 396 g/mol. The summed E-state index contributed by atoms with van der Waals surface area (Å²) in [7, 11) is -3.57. The lowest BCUT2D eigenvalue weighted by Gasteiger charge is -2.27. The van der Waals surface area contributed by atoms with E-state index in [1.807, 2.05) is 56.3 Å². The fraction of sp³-hybridized carbons (Fsp3) is 0.217. The van der Waals surface area contributed by atoms with Gasteiger partial charge in [-0.05, 0) is 26.0 Å². The second-order valence-electron chi connectivity index (χ2n) is 7.54. The Hall–Kier alpha value is -2.47. The fourth-order valence-corrected chi connectivity index (χ4v) is 4.71. The lowest BCUT2D eigenvalue weighted by molar-refractivity contribution is -0.692. The molecule has 0 unspecified atom stereocenters. The highest BCUT2D eigenvalue weighted by atomic mass is 32.2. The van der Waals surface area contributed by atoms with E-state index >= 15 is 0 Å². The van der Waals surface area contributed by atoms with E-state index in [0.29, 0.717) is 6.54 Å². The predicted octanol–water partition coefficient (Wildman–Crippen LogP) is 3.10. The standard InChI is InChI=1S/C23H26N2O2S/c1-23(2,25-28(26,27)21-16-10-5-11-17-21)18-24-22(19-12-6-3-7-13-19)20-14-8-4-9-15-20/h3-17,22,24-25H,18H2,1-2H3/p+1. The molecular formula is C23H27N2O2S+. The van der Waals surface area contributed by atoms with E-state index in [-0.39, 0.29) is 10.9 Å². The number of nitrogens with two attached hydrogens (primary N) is 1. The Balaban J connectivity index is 1.77. The third kappa shape index (κ3) is 5.29. The SMILES string of the molecule is CC(C)(C[NH2+]C(c1ccccc1)c1ccccc1)NS(=O)(=O)c1ccccc1. The molecule has 0 saturated heterocycles. The molecule has 3 N–H and O–H groups in total. The van der Waals surface area contributed by atoms with Crippen molar-refractivity contribution in [1.82, 2.24) is 4.72 Å². The molecule has 0 spiro atoms. The largest absolute Gasteiger partial charge is 0.335 e. The van der Waals surface area contributed by atoms with Crippen LogP contribution in [-0.2, 0) is 10.0 Å². The molecule has 0 bridgehead atoms. The zero-order valence-corrected chi connectivity index (χ0v) is 17.1. The van der Waals surface area contributed by atoms with Crippen molar-refractivity contribution in [2.75, 3.05) is 6.54 Å². The number of quaternary nitrogens is 1. The summed E-state index contributed by atoms with van der Waals surface area (Å²) in [5, 5.41) is 2.19. The molecule has 4 nitrogen and oxygen atoms in total. The molecule has 0 aromatic heterocycles. The molecule has 0 aliphatic rings. The maximum atomic E-state index is 12.7. The number of hydrogen-bond donors (Lipinski definition) is 2. The molecule has 3 aromatic carbocycles. The van der Waals surface area contributed by atoms with Gasteiger partial charge >= 0.3 is 0 Å². The second kappa shape index (κ2) is 8.69. The van der Waals surface area contributed by atoms with Gasteiger partial charge in [0.25, 0.3) is 0 Å². The van der Waals surface area contributed by atoms with Crippen LogP contribution in [0.1, 0.15) is 31.0 Å². The van der Waals surface area contributed by atoms with Crippen LogP contribution in [0.15, 0.2) is 95.9 Å². The first kappa shape index (κ1) is 20.3. The fourth-order valence-electron chi connectivity index (χ4n) is 3.26. The molecule has 0 radical (unpaired) electrons. The van der Waals surface area contributed by atoms with Crippen LogP contribution in [0.3, 0.4) is 0 Å². The van der Waals surface area contributed by atoms with Crippen molar-refractivity contribution < 1.29 is 13.7 Å². The summed E-state index contributed by atoms with van der Waals surface area (Å²) in [6.45, 7) is 4.42. The Morgan fingerprint density at radius 1 is 0.786 bits per heavy atom. The Morgan fingerprint density at radius 2 is 1.21 bits per heavy atom. The first-order chi connectivity index (χ1) is 13.4. The second-order valence-corrected chi connectivity index (χ2v) is 9.22. The van der Waals surface area contributed by atoms with Gasteiger partial charge in [-0.2, -0.15) is 4.72 Å². The monoisotopic (exact) mass is 395 g/mol. The maximum Gasteiger partial charge on any atom is 0.241 e. The van der Waals surface area contributed by atoms with Crippen molar-refractivity contribution in [2.45, 2.75) is 30.3 Å². The molecule has 28 heavy (non-hydrogen) atoms. The molecule has 3 aromatic rings. The van der Waals surface area contributed by atoms with E-state index in [9.17, 15) is 8.42 Å². The van der Waals surface area contributed by atoms with Gasteiger partial charge in [0.05, 0.1) is 17.0 Å². The molecule has 3 rings (SSSR count). The summed E-state index contributed by atoms with van der Waals surface area (Å²) < 4.78 is 28.3. The minimum atomic E-state index is -3.57. The van der Waals surface area contributed by atoms with E-state index < -0.39 is 15.6 Å². The Morgan fingerprint density at radius 3 is 1.68 bits per heavy atom. The molecule has 0 amide bonds. The molecular weight excluding hydrogens is 368 g/mol. The molecule has 5 heteroatoms. The van der Waals surface area contributed by atoms with Crippen LogP contribution in [-0.4, -0.2) is 20.5 Å². The van der Waals surface area contributed by atoms with Crippen LogP contribution in [0.2, 0.25) is 0 Å². The quantitative estimate of drug-likeness (QED) is 0.616. The van der Waals surface area contributed by atoms with Gasteiger partial charge in [0.15, 0.2) is 0 Å². The highest BCUT2D eigenvalue weighted by molar-refractivity contribution is 7.89. The van der Waals surface area contributed by atoms with Crippen LogP contribution >= 0.6 is 0 Å². The number of hydrogen-bond acceptors (Lipinski definition) is 2. The lowest BCUT2D eigenvalue weighted by atomic mass is 9.97. The summed E-state index contributed by atoms with van der Waals surface area (Å²) in [5.41, 5.74) is 1.77. The zero-order chi connectivity index (χ0) is 20.0. The summed E-state index contributed by atoms with van der Waals surface area (Å²) in [4.78, 5) is 0.283. The van der Waals surface area contributed by atoms with Gasteiger partial charge in [-0.15, -0.1) is 0 Å². The Kier molecular flexibility index (Phi) is 6.29. The van der Waals surface area contributed by atoms with Crippen LogP contribution in [0, 0.1) is 0 Å². The molecule has 146 valence electrons. The Bertz CT molecular complexity index is 933. The van der Waals surface area contributed by atoms with Gasteiger partial charge in [0, 0.05) is 11.1 Å². The maximum absolute atomic E-state index is 12.7. The van der Waals surface area contributed by atoms with E-state index in [1.165, 1.54) is 11.1 Å². The lowest BCUT2D eigenvalue weighted by Crippen LogP contribution is -2.90. The van der Waals surface area contributed by atoms with Crippen molar-refractivity contribution in [3.63, 3.8) is 0 Å². The highest BCUT2D eigenvalue weighted by Gasteiger charge is 2.29. The molecule has 0 saturated carbocycles. The third-order valence-corrected chi connectivity index (χ3v) is 6.36. The number of sulfonamides is 1. The first-order valence-corrected chi connectivity index (χ1v) is 10.9. The first-order valence-electron chi connectivity index (χ1n) is 9.40. The zero-order valence-electron chi connectivity index (χ0n) is 16.2.